The van der Waals surface area contributed by atoms with Crippen LogP contribution in [0, 0.1) is 0 Å². The summed E-state index contributed by atoms with van der Waals surface area (Å²) in [5.41, 5.74) is -0.184. The van der Waals surface area contributed by atoms with E-state index in [1.165, 1.54) is 25.3 Å². The molecule has 14 heavy (non-hydrogen) atoms. The number of rotatable bonds is 4. The molecule has 0 amide bonds. The van der Waals surface area contributed by atoms with Gasteiger partial charge in [0.1, 0.15) is 5.75 Å². The van der Waals surface area contributed by atoms with E-state index in [1.54, 1.807) is 6.07 Å². The molecule has 0 aliphatic heterocycles. The molecule has 0 aliphatic carbocycles. The Hall–Kier alpha value is -1.16. The molecule has 2 nitrogen and oxygen atoms in total. The summed E-state index contributed by atoms with van der Waals surface area (Å²) in [6, 6.07) is 5.91. The second kappa shape index (κ2) is 4.37. The van der Waals surface area contributed by atoms with Crippen LogP contribution in [0.25, 0.3) is 0 Å². The number of hydrogen-bond donors (Lipinski definition) is 1. The van der Waals surface area contributed by atoms with Gasteiger partial charge >= 0.3 is 0 Å². The average Bonchev–Trinajstić information content (AvgIpc) is 2.18. The zero-order chi connectivity index (χ0) is 10.6. The van der Waals surface area contributed by atoms with Gasteiger partial charge in [-0.25, -0.2) is 8.78 Å². The van der Waals surface area contributed by atoms with Gasteiger partial charge in [-0.2, -0.15) is 0 Å². The summed E-state index contributed by atoms with van der Waals surface area (Å²) in [4.78, 5) is 0. The van der Waals surface area contributed by atoms with Crippen LogP contribution in [0.15, 0.2) is 24.3 Å². The van der Waals surface area contributed by atoms with Gasteiger partial charge in [0.15, 0.2) is 0 Å². The predicted octanol–water partition coefficient (Wildman–Crippen LogP) is 2.17. The van der Waals surface area contributed by atoms with Crippen molar-refractivity contribution in [3.05, 3.63) is 29.8 Å². The third-order valence-corrected chi connectivity index (χ3v) is 1.93. The molecule has 0 atom stereocenters. The highest BCUT2D eigenvalue weighted by Crippen LogP contribution is 2.36. The van der Waals surface area contributed by atoms with Gasteiger partial charge in [-0.1, -0.05) is 12.1 Å². The molecule has 1 aromatic carbocycles. The fraction of sp³-hybridized carbons (Fsp3) is 0.400. The maximum absolute atomic E-state index is 13.4. The normalized spacial score (nSPS) is 11.4. The molecule has 0 aromatic heterocycles. The fourth-order valence-electron chi connectivity index (χ4n) is 1.22. The number of benzene rings is 1. The van der Waals surface area contributed by atoms with Crippen molar-refractivity contribution in [2.75, 3.05) is 13.7 Å². The molecule has 4 heteroatoms. The highest BCUT2D eigenvalue weighted by molar-refractivity contribution is 5.36. The number of aliphatic hydroxyl groups excluding tert-OH is 1. The lowest BCUT2D eigenvalue weighted by Gasteiger charge is -2.17. The lowest BCUT2D eigenvalue weighted by atomic mass is 10.0. The fourth-order valence-corrected chi connectivity index (χ4v) is 1.22. The van der Waals surface area contributed by atoms with Crippen LogP contribution in [0.2, 0.25) is 0 Å². The summed E-state index contributed by atoms with van der Waals surface area (Å²) in [6.45, 7) is -0.551. The number of methoxy groups -OCH3 is 1. The van der Waals surface area contributed by atoms with Crippen LogP contribution in [-0.4, -0.2) is 18.8 Å². The van der Waals surface area contributed by atoms with Gasteiger partial charge in [0.25, 0.3) is 5.92 Å². The van der Waals surface area contributed by atoms with Gasteiger partial charge in [-0.15, -0.1) is 0 Å². The van der Waals surface area contributed by atoms with E-state index in [2.05, 4.69) is 0 Å². The molecule has 0 saturated carbocycles. The molecular weight excluding hydrogens is 190 g/mol. The Balaban J connectivity index is 3.04. The van der Waals surface area contributed by atoms with E-state index < -0.39 is 19.0 Å². The second-order valence-electron chi connectivity index (χ2n) is 2.88. The smallest absolute Gasteiger partial charge is 0.279 e. The van der Waals surface area contributed by atoms with Crippen molar-refractivity contribution in [3.63, 3.8) is 0 Å². The quantitative estimate of drug-likeness (QED) is 0.810. The minimum atomic E-state index is -3.04. The molecule has 0 spiro atoms. The highest BCUT2D eigenvalue weighted by atomic mass is 19.3. The van der Waals surface area contributed by atoms with Crippen molar-refractivity contribution in [1.29, 1.82) is 0 Å². The van der Waals surface area contributed by atoms with Crippen molar-refractivity contribution in [2.45, 2.75) is 12.3 Å². The van der Waals surface area contributed by atoms with Crippen LogP contribution in [0.3, 0.4) is 0 Å². The summed E-state index contributed by atoms with van der Waals surface area (Å²) in [5.74, 6) is -2.90. The standard InChI is InChI=1S/C10H12F2O2/c1-14-9-5-3-2-4-8(9)10(11,12)6-7-13/h2-5,13H,6-7H2,1H3. The Morgan fingerprint density at radius 1 is 1.36 bits per heavy atom. The molecule has 0 radical (unpaired) electrons. The molecule has 1 rings (SSSR count). The number of ether oxygens (including phenoxy) is 1. The predicted molar refractivity (Wildman–Crippen MR) is 48.6 cm³/mol. The van der Waals surface area contributed by atoms with Crippen molar-refractivity contribution in [1.82, 2.24) is 0 Å². The first-order valence-corrected chi connectivity index (χ1v) is 4.24. The van der Waals surface area contributed by atoms with Crippen LogP contribution >= 0.6 is 0 Å². The van der Waals surface area contributed by atoms with E-state index in [0.717, 1.165) is 0 Å². The number of para-hydroxylation sites is 1. The third kappa shape index (κ3) is 2.20. The molecule has 1 aromatic rings. The summed E-state index contributed by atoms with van der Waals surface area (Å²) in [7, 11) is 1.34. The second-order valence-corrected chi connectivity index (χ2v) is 2.88. The van der Waals surface area contributed by atoms with E-state index in [4.69, 9.17) is 9.84 Å². The minimum Gasteiger partial charge on any atom is -0.496 e. The van der Waals surface area contributed by atoms with Crippen molar-refractivity contribution in [2.24, 2.45) is 0 Å². The molecule has 0 saturated heterocycles. The summed E-state index contributed by atoms with van der Waals surface area (Å²) >= 11 is 0. The summed E-state index contributed by atoms with van der Waals surface area (Å²) in [6.07, 6.45) is -0.590. The monoisotopic (exact) mass is 202 g/mol. The Labute approximate surface area is 81.1 Å². The van der Waals surface area contributed by atoms with E-state index in [1.807, 2.05) is 0 Å². The topological polar surface area (TPSA) is 29.5 Å². The first-order chi connectivity index (χ1) is 6.61. The van der Waals surface area contributed by atoms with Crippen LogP contribution in [-0.2, 0) is 5.92 Å². The number of aliphatic hydroxyl groups is 1. The van der Waals surface area contributed by atoms with Crippen LogP contribution in [0.5, 0.6) is 5.75 Å². The Bertz CT molecular complexity index is 300. The SMILES string of the molecule is COc1ccccc1C(F)(F)CCO. The molecule has 0 heterocycles. The zero-order valence-electron chi connectivity index (χ0n) is 7.84. The van der Waals surface area contributed by atoms with E-state index in [-0.39, 0.29) is 11.3 Å². The molecular formula is C10H12F2O2. The van der Waals surface area contributed by atoms with E-state index in [0.29, 0.717) is 0 Å². The molecule has 78 valence electrons. The van der Waals surface area contributed by atoms with Crippen molar-refractivity contribution in [3.8, 4) is 5.75 Å². The zero-order valence-corrected chi connectivity index (χ0v) is 7.84. The van der Waals surface area contributed by atoms with Gasteiger partial charge in [-0.3, -0.25) is 0 Å². The van der Waals surface area contributed by atoms with Gasteiger partial charge in [-0.05, 0) is 12.1 Å². The Morgan fingerprint density at radius 2 is 2.00 bits per heavy atom. The average molecular weight is 202 g/mol. The van der Waals surface area contributed by atoms with Crippen LogP contribution < -0.4 is 4.74 Å². The molecule has 0 fully saturated rings. The lowest BCUT2D eigenvalue weighted by molar-refractivity contribution is -0.0287. The number of alkyl halides is 2. The molecule has 1 N–H and O–H groups in total. The van der Waals surface area contributed by atoms with Gasteiger partial charge in [0.2, 0.25) is 0 Å². The Kier molecular flexibility index (Phi) is 3.41. The maximum Gasteiger partial charge on any atom is 0.279 e. The van der Waals surface area contributed by atoms with Gasteiger partial charge < -0.3 is 9.84 Å². The van der Waals surface area contributed by atoms with E-state index in [9.17, 15) is 8.78 Å². The first kappa shape index (κ1) is 10.9. The molecule has 0 bridgehead atoms. The largest absolute Gasteiger partial charge is 0.496 e. The summed E-state index contributed by atoms with van der Waals surface area (Å²) in [5, 5.41) is 8.51. The third-order valence-electron chi connectivity index (χ3n) is 1.93. The Morgan fingerprint density at radius 3 is 2.57 bits per heavy atom. The summed E-state index contributed by atoms with van der Waals surface area (Å²) < 4.78 is 31.5. The maximum atomic E-state index is 13.4. The van der Waals surface area contributed by atoms with Crippen molar-refractivity contribution >= 4 is 0 Å². The van der Waals surface area contributed by atoms with Crippen molar-refractivity contribution < 1.29 is 18.6 Å². The van der Waals surface area contributed by atoms with Crippen LogP contribution in [0.4, 0.5) is 8.78 Å². The van der Waals surface area contributed by atoms with Gasteiger partial charge in [0, 0.05) is 13.0 Å². The van der Waals surface area contributed by atoms with E-state index >= 15 is 0 Å². The lowest BCUT2D eigenvalue weighted by Crippen LogP contribution is -2.16. The highest BCUT2D eigenvalue weighted by Gasteiger charge is 2.33. The number of halogens is 2. The number of hydrogen-bond acceptors (Lipinski definition) is 2. The van der Waals surface area contributed by atoms with Crippen LogP contribution in [0.1, 0.15) is 12.0 Å². The van der Waals surface area contributed by atoms with Gasteiger partial charge in [0.05, 0.1) is 12.7 Å². The first-order valence-electron chi connectivity index (χ1n) is 4.24. The molecule has 0 unspecified atom stereocenters. The minimum absolute atomic E-state index is 0.144. The molecule has 0 aliphatic rings.